The van der Waals surface area contributed by atoms with Gasteiger partial charge in [0, 0.05) is 0 Å². The number of ether oxygens (including phenoxy) is 3. The molecule has 1 saturated heterocycles. The van der Waals surface area contributed by atoms with Crippen molar-refractivity contribution >= 4 is 11.9 Å². The zero-order valence-electron chi connectivity index (χ0n) is 23.9. The number of esters is 1. The van der Waals surface area contributed by atoms with Gasteiger partial charge in [-0.25, -0.2) is 0 Å². The van der Waals surface area contributed by atoms with Crippen molar-refractivity contribution in [2.24, 2.45) is 22.7 Å². The standard InChI is InChI=1S/C29H46O11/c1-15(9-11-38-23(34)13-22(32)33)6-7-17-16(2)18(12-20-28(3,4)21(31)8-10-29(17,20)5)39-27-26(37)25(36)24(35)19(14-30)40-27/h9,17-21,24-27,30-31,35-37H,2,6-8,10-14H2,1,3-5H3,(H,32,33)/b15-9-/t17-,18+,19-,20-,21-,24+,25+,26+,27-,29+/m0/s1. The third-order valence-corrected chi connectivity index (χ3v) is 9.56. The number of hydrogen-bond acceptors (Lipinski definition) is 10. The highest BCUT2D eigenvalue weighted by Gasteiger charge is 2.58. The van der Waals surface area contributed by atoms with Crippen LogP contribution in [0.1, 0.15) is 66.2 Å². The van der Waals surface area contributed by atoms with Crippen LogP contribution in [0, 0.1) is 22.7 Å². The van der Waals surface area contributed by atoms with E-state index in [1.807, 2.05) is 20.8 Å². The summed E-state index contributed by atoms with van der Waals surface area (Å²) in [5.41, 5.74) is 1.13. The van der Waals surface area contributed by atoms with Gasteiger partial charge in [0.2, 0.25) is 0 Å². The van der Waals surface area contributed by atoms with Crippen LogP contribution in [0.2, 0.25) is 0 Å². The predicted molar refractivity (Wildman–Crippen MR) is 143 cm³/mol. The summed E-state index contributed by atoms with van der Waals surface area (Å²) in [4.78, 5) is 22.2. The largest absolute Gasteiger partial charge is 0.481 e. The van der Waals surface area contributed by atoms with Gasteiger partial charge in [0.1, 0.15) is 37.4 Å². The second-order valence-electron chi connectivity index (χ2n) is 12.5. The summed E-state index contributed by atoms with van der Waals surface area (Å²) in [6.45, 7) is 12.0. The second-order valence-corrected chi connectivity index (χ2v) is 12.5. The number of aliphatic carboxylic acids is 1. The van der Waals surface area contributed by atoms with Crippen LogP contribution in [-0.2, 0) is 23.8 Å². The number of carboxylic acids is 1. The lowest BCUT2D eigenvalue weighted by molar-refractivity contribution is -0.313. The lowest BCUT2D eigenvalue weighted by Gasteiger charge is -2.61. The SMILES string of the molecule is C=C1[C@H](O[C@H]2O[C@@H](CO)[C@@H](O)[C@@H](O)[C@H]2O)C[C@H]2C(C)(C)[C@@H](O)CC[C@]2(C)[C@H]1CC/C(C)=C\COC(=O)CC(=O)O. The minimum atomic E-state index is -1.56. The van der Waals surface area contributed by atoms with Gasteiger partial charge in [-0.2, -0.15) is 0 Å². The monoisotopic (exact) mass is 570 g/mol. The van der Waals surface area contributed by atoms with E-state index in [0.717, 1.165) is 17.6 Å². The molecule has 2 aliphatic carbocycles. The van der Waals surface area contributed by atoms with Gasteiger partial charge in [0.05, 0.1) is 18.8 Å². The number of aliphatic hydroxyl groups excluding tert-OH is 5. The quantitative estimate of drug-likeness (QED) is 0.0963. The van der Waals surface area contributed by atoms with Crippen LogP contribution in [-0.4, -0.2) is 98.7 Å². The molecule has 6 N–H and O–H groups in total. The Kier molecular flexibility index (Phi) is 10.6. The van der Waals surface area contributed by atoms with Crippen LogP contribution in [0.25, 0.3) is 0 Å². The van der Waals surface area contributed by atoms with Crippen molar-refractivity contribution in [3.05, 3.63) is 23.8 Å². The number of carbonyl (C=O) groups excluding carboxylic acids is 1. The number of carboxylic acid groups (broad SMARTS) is 1. The molecule has 11 heteroatoms. The van der Waals surface area contributed by atoms with Gasteiger partial charge in [-0.1, -0.05) is 32.9 Å². The van der Waals surface area contributed by atoms with E-state index in [1.54, 1.807) is 6.08 Å². The molecular weight excluding hydrogens is 524 g/mol. The third-order valence-electron chi connectivity index (χ3n) is 9.56. The molecule has 228 valence electrons. The molecule has 1 heterocycles. The molecule has 3 fully saturated rings. The Hall–Kier alpha value is -1.86. The Balaban J connectivity index is 1.79. The van der Waals surface area contributed by atoms with Crippen molar-refractivity contribution in [2.75, 3.05) is 13.2 Å². The summed E-state index contributed by atoms with van der Waals surface area (Å²) in [5.74, 6) is -2.06. The summed E-state index contributed by atoms with van der Waals surface area (Å²) in [7, 11) is 0. The Bertz CT molecular complexity index is 960. The number of fused-ring (bicyclic) bond motifs is 1. The van der Waals surface area contributed by atoms with E-state index in [0.29, 0.717) is 25.7 Å². The summed E-state index contributed by atoms with van der Waals surface area (Å²) in [5, 5.41) is 60.2. The molecule has 0 aromatic carbocycles. The van der Waals surface area contributed by atoms with Crippen molar-refractivity contribution in [1.82, 2.24) is 0 Å². The molecule has 0 radical (unpaired) electrons. The zero-order chi connectivity index (χ0) is 30.0. The van der Waals surface area contributed by atoms with Crippen molar-refractivity contribution in [2.45, 2.75) is 109 Å². The molecule has 0 spiro atoms. The van der Waals surface area contributed by atoms with Gasteiger partial charge in [-0.3, -0.25) is 9.59 Å². The molecule has 3 aliphatic rings. The van der Waals surface area contributed by atoms with Gasteiger partial charge >= 0.3 is 11.9 Å². The minimum Gasteiger partial charge on any atom is -0.481 e. The number of carbonyl (C=O) groups is 2. The Morgan fingerprint density at radius 1 is 1.12 bits per heavy atom. The van der Waals surface area contributed by atoms with Crippen LogP contribution in [0.3, 0.4) is 0 Å². The fourth-order valence-electron chi connectivity index (χ4n) is 7.00. The highest BCUT2D eigenvalue weighted by atomic mass is 16.7. The average molecular weight is 571 g/mol. The van der Waals surface area contributed by atoms with Gasteiger partial charge < -0.3 is 44.8 Å². The first-order chi connectivity index (χ1) is 18.6. The first-order valence-electron chi connectivity index (χ1n) is 14.0. The fraction of sp³-hybridized carbons (Fsp3) is 0.793. The molecule has 1 aliphatic heterocycles. The summed E-state index contributed by atoms with van der Waals surface area (Å²) >= 11 is 0. The molecule has 2 saturated carbocycles. The molecule has 10 atom stereocenters. The zero-order valence-corrected chi connectivity index (χ0v) is 23.9. The number of hydrogen-bond donors (Lipinski definition) is 6. The Labute approximate surface area is 235 Å². The van der Waals surface area contributed by atoms with Crippen LogP contribution in [0.5, 0.6) is 0 Å². The minimum absolute atomic E-state index is 0.0223. The van der Waals surface area contributed by atoms with Gasteiger partial charge in [0.25, 0.3) is 0 Å². The van der Waals surface area contributed by atoms with Crippen molar-refractivity contribution in [3.63, 3.8) is 0 Å². The molecule has 40 heavy (non-hydrogen) atoms. The van der Waals surface area contributed by atoms with Crippen LogP contribution >= 0.6 is 0 Å². The molecule has 0 aromatic heterocycles. The first kappa shape index (κ1) is 32.7. The van der Waals surface area contributed by atoms with E-state index in [9.17, 15) is 35.1 Å². The van der Waals surface area contributed by atoms with E-state index >= 15 is 0 Å². The van der Waals surface area contributed by atoms with Crippen LogP contribution < -0.4 is 0 Å². The molecule has 3 rings (SSSR count). The maximum Gasteiger partial charge on any atom is 0.317 e. The second kappa shape index (κ2) is 13.0. The average Bonchev–Trinajstić information content (AvgIpc) is 2.87. The van der Waals surface area contributed by atoms with E-state index < -0.39 is 73.3 Å². The topological polar surface area (TPSA) is 183 Å². The molecule has 0 unspecified atom stereocenters. The Morgan fingerprint density at radius 3 is 2.42 bits per heavy atom. The van der Waals surface area contributed by atoms with Crippen molar-refractivity contribution < 1.29 is 54.4 Å². The number of rotatable bonds is 10. The molecular formula is C29H46O11. The van der Waals surface area contributed by atoms with Gasteiger partial charge in [-0.15, -0.1) is 0 Å². The molecule has 0 bridgehead atoms. The first-order valence-corrected chi connectivity index (χ1v) is 14.0. The Morgan fingerprint density at radius 2 is 1.80 bits per heavy atom. The van der Waals surface area contributed by atoms with E-state index in [4.69, 9.17) is 19.3 Å². The lowest BCUT2D eigenvalue weighted by Crippen LogP contribution is -2.61. The number of allylic oxidation sites excluding steroid dienone is 1. The molecule has 0 aromatic rings. The maximum atomic E-state index is 11.5. The van der Waals surface area contributed by atoms with Gasteiger partial charge in [-0.05, 0) is 73.3 Å². The smallest absolute Gasteiger partial charge is 0.317 e. The summed E-state index contributed by atoms with van der Waals surface area (Å²) in [6, 6.07) is 0. The maximum absolute atomic E-state index is 11.5. The highest BCUT2D eigenvalue weighted by molar-refractivity contribution is 5.90. The predicted octanol–water partition coefficient (Wildman–Crippen LogP) is 1.30. The molecule has 11 nitrogen and oxygen atoms in total. The van der Waals surface area contributed by atoms with Crippen molar-refractivity contribution in [1.29, 1.82) is 0 Å². The van der Waals surface area contributed by atoms with Crippen LogP contribution in [0.4, 0.5) is 0 Å². The summed E-state index contributed by atoms with van der Waals surface area (Å²) in [6.07, 6.45) is -3.68. The fourth-order valence-corrected chi connectivity index (χ4v) is 7.00. The normalized spacial score (nSPS) is 39.9. The number of aliphatic hydroxyl groups is 5. The van der Waals surface area contributed by atoms with Crippen molar-refractivity contribution in [3.8, 4) is 0 Å². The summed E-state index contributed by atoms with van der Waals surface area (Å²) < 4.78 is 16.8. The highest BCUT2D eigenvalue weighted by Crippen LogP contribution is 2.62. The third kappa shape index (κ3) is 6.78. The van der Waals surface area contributed by atoms with E-state index in [2.05, 4.69) is 13.5 Å². The van der Waals surface area contributed by atoms with E-state index in [1.165, 1.54) is 0 Å². The van der Waals surface area contributed by atoms with Crippen LogP contribution in [0.15, 0.2) is 23.8 Å². The molecule has 0 amide bonds. The lowest BCUT2D eigenvalue weighted by atomic mass is 9.46. The van der Waals surface area contributed by atoms with E-state index in [-0.39, 0.29) is 23.9 Å². The van der Waals surface area contributed by atoms with Gasteiger partial charge in [0.15, 0.2) is 6.29 Å².